The first kappa shape index (κ1) is 15.4. The Kier molecular flexibility index (Phi) is 4.52. The molecule has 1 aliphatic heterocycles. The molecule has 1 aliphatic rings. The van der Waals surface area contributed by atoms with E-state index in [9.17, 15) is 19.3 Å². The monoisotopic (exact) mass is 295 g/mol. The van der Waals surface area contributed by atoms with E-state index in [1.165, 1.54) is 6.07 Å². The van der Waals surface area contributed by atoms with Crippen LogP contribution in [0, 0.1) is 21.3 Å². The van der Waals surface area contributed by atoms with E-state index < -0.39 is 16.2 Å². The second kappa shape index (κ2) is 6.17. The molecule has 1 unspecified atom stereocenters. The van der Waals surface area contributed by atoms with Crippen molar-refractivity contribution in [1.82, 2.24) is 5.32 Å². The van der Waals surface area contributed by atoms with E-state index in [0.717, 1.165) is 31.5 Å². The van der Waals surface area contributed by atoms with Crippen LogP contribution >= 0.6 is 0 Å². The maximum absolute atomic E-state index is 13.4. The van der Waals surface area contributed by atoms with Crippen molar-refractivity contribution in [1.29, 1.82) is 0 Å². The summed E-state index contributed by atoms with van der Waals surface area (Å²) in [5.41, 5.74) is -0.774. The SMILES string of the molecule is CCCC1(C(=O)Nc2cc(F)cc([N+](=O)[O-])c2)CCNC1. The number of rotatable bonds is 5. The number of nitro benzene ring substituents is 1. The minimum Gasteiger partial charge on any atom is -0.325 e. The van der Waals surface area contributed by atoms with Gasteiger partial charge in [0.15, 0.2) is 0 Å². The van der Waals surface area contributed by atoms with Gasteiger partial charge in [-0.15, -0.1) is 0 Å². The number of carbonyl (C=O) groups is 1. The first-order valence-electron chi connectivity index (χ1n) is 6.94. The van der Waals surface area contributed by atoms with Gasteiger partial charge in [0.1, 0.15) is 5.82 Å². The van der Waals surface area contributed by atoms with E-state index in [1.807, 2.05) is 6.92 Å². The predicted molar refractivity (Wildman–Crippen MR) is 76.5 cm³/mol. The van der Waals surface area contributed by atoms with Crippen LogP contribution in [0.25, 0.3) is 0 Å². The molecule has 0 bridgehead atoms. The zero-order valence-corrected chi connectivity index (χ0v) is 11.8. The summed E-state index contributed by atoms with van der Waals surface area (Å²) in [5, 5.41) is 16.5. The van der Waals surface area contributed by atoms with Gasteiger partial charge >= 0.3 is 0 Å². The second-order valence-corrected chi connectivity index (χ2v) is 5.37. The van der Waals surface area contributed by atoms with Crippen LogP contribution in [0.3, 0.4) is 0 Å². The summed E-state index contributed by atoms with van der Waals surface area (Å²) in [4.78, 5) is 22.5. The summed E-state index contributed by atoms with van der Waals surface area (Å²) >= 11 is 0. The molecule has 7 heteroatoms. The Labute approximate surface area is 121 Å². The third-order valence-electron chi connectivity index (χ3n) is 3.81. The Morgan fingerprint density at radius 2 is 2.29 bits per heavy atom. The Bertz CT molecular complexity index is 556. The second-order valence-electron chi connectivity index (χ2n) is 5.37. The smallest absolute Gasteiger partial charge is 0.274 e. The fraction of sp³-hybridized carbons (Fsp3) is 0.500. The zero-order valence-electron chi connectivity index (χ0n) is 11.8. The molecule has 1 aromatic carbocycles. The number of amides is 1. The van der Waals surface area contributed by atoms with Crippen molar-refractivity contribution >= 4 is 17.3 Å². The lowest BCUT2D eigenvalue weighted by molar-refractivity contribution is -0.385. The standard InChI is InChI=1S/C14H18FN3O3/c1-2-3-14(4-5-16-9-14)13(19)17-11-6-10(15)7-12(8-11)18(20)21/h6-8,16H,2-5,9H2,1H3,(H,17,19). The van der Waals surface area contributed by atoms with Crippen LogP contribution in [0.1, 0.15) is 26.2 Å². The third kappa shape index (κ3) is 3.36. The number of non-ortho nitro benzene ring substituents is 1. The lowest BCUT2D eigenvalue weighted by Gasteiger charge is -2.26. The Hall–Kier alpha value is -2.02. The molecule has 1 aromatic rings. The van der Waals surface area contributed by atoms with Gasteiger partial charge in [-0.3, -0.25) is 14.9 Å². The summed E-state index contributed by atoms with van der Waals surface area (Å²) < 4.78 is 13.4. The van der Waals surface area contributed by atoms with E-state index in [4.69, 9.17) is 0 Å². The molecule has 0 saturated carbocycles. The largest absolute Gasteiger partial charge is 0.325 e. The molecule has 0 aliphatic carbocycles. The molecule has 0 aromatic heterocycles. The van der Waals surface area contributed by atoms with Gasteiger partial charge in [0, 0.05) is 12.6 Å². The summed E-state index contributed by atoms with van der Waals surface area (Å²) in [5.74, 6) is -0.956. The highest BCUT2D eigenvalue weighted by molar-refractivity contribution is 5.96. The van der Waals surface area contributed by atoms with Crippen LogP contribution in [0.2, 0.25) is 0 Å². The summed E-state index contributed by atoms with van der Waals surface area (Å²) in [7, 11) is 0. The number of hydrogen-bond donors (Lipinski definition) is 2. The van der Waals surface area contributed by atoms with Crippen LogP contribution < -0.4 is 10.6 Å². The van der Waals surface area contributed by atoms with Crippen LogP contribution in [-0.2, 0) is 4.79 Å². The van der Waals surface area contributed by atoms with Gasteiger partial charge in [0.25, 0.3) is 5.69 Å². The van der Waals surface area contributed by atoms with Gasteiger partial charge in [0.2, 0.25) is 5.91 Å². The molecule has 21 heavy (non-hydrogen) atoms. The van der Waals surface area contributed by atoms with E-state index >= 15 is 0 Å². The molecule has 1 saturated heterocycles. The van der Waals surface area contributed by atoms with Gasteiger partial charge in [-0.2, -0.15) is 0 Å². The number of nitrogens with zero attached hydrogens (tertiary/aromatic N) is 1. The van der Waals surface area contributed by atoms with E-state index in [-0.39, 0.29) is 17.3 Å². The molecule has 6 nitrogen and oxygen atoms in total. The fourth-order valence-corrected chi connectivity index (χ4v) is 2.76. The molecular weight excluding hydrogens is 277 g/mol. The highest BCUT2D eigenvalue weighted by Crippen LogP contribution is 2.33. The maximum atomic E-state index is 13.4. The van der Waals surface area contributed by atoms with Crippen molar-refractivity contribution in [2.75, 3.05) is 18.4 Å². The molecule has 1 amide bonds. The molecule has 0 spiro atoms. The molecule has 2 rings (SSSR count). The predicted octanol–water partition coefficient (Wildman–Crippen LogP) is 2.45. The lowest BCUT2D eigenvalue weighted by Crippen LogP contribution is -2.38. The van der Waals surface area contributed by atoms with E-state index in [1.54, 1.807) is 0 Å². The molecule has 1 atom stereocenters. The van der Waals surface area contributed by atoms with Crippen molar-refractivity contribution < 1.29 is 14.1 Å². The van der Waals surface area contributed by atoms with Gasteiger partial charge in [-0.05, 0) is 25.5 Å². The van der Waals surface area contributed by atoms with Crippen molar-refractivity contribution in [2.45, 2.75) is 26.2 Å². The molecular formula is C14H18FN3O3. The number of anilines is 1. The number of carbonyl (C=O) groups excluding carboxylic acids is 1. The summed E-state index contributed by atoms with van der Waals surface area (Å²) in [6.45, 7) is 3.33. The number of nitrogens with one attached hydrogen (secondary N) is 2. The molecule has 114 valence electrons. The zero-order chi connectivity index (χ0) is 15.5. The highest BCUT2D eigenvalue weighted by atomic mass is 19.1. The average Bonchev–Trinajstić information content (AvgIpc) is 2.88. The molecule has 0 radical (unpaired) electrons. The molecule has 2 N–H and O–H groups in total. The third-order valence-corrected chi connectivity index (χ3v) is 3.81. The van der Waals surface area contributed by atoms with Crippen molar-refractivity contribution in [3.8, 4) is 0 Å². The minimum absolute atomic E-state index is 0.120. The van der Waals surface area contributed by atoms with E-state index in [0.29, 0.717) is 13.0 Å². The first-order chi connectivity index (χ1) is 9.97. The number of nitro groups is 1. The normalized spacial score (nSPS) is 21.2. The van der Waals surface area contributed by atoms with Crippen LogP contribution in [0.5, 0.6) is 0 Å². The summed E-state index contributed by atoms with van der Waals surface area (Å²) in [6, 6.07) is 3.09. The van der Waals surface area contributed by atoms with Crippen LogP contribution in [0.15, 0.2) is 18.2 Å². The van der Waals surface area contributed by atoms with Crippen LogP contribution in [0.4, 0.5) is 15.8 Å². The fourth-order valence-electron chi connectivity index (χ4n) is 2.76. The Morgan fingerprint density at radius 3 is 2.86 bits per heavy atom. The van der Waals surface area contributed by atoms with Gasteiger partial charge in [-0.25, -0.2) is 4.39 Å². The molecule has 1 heterocycles. The first-order valence-corrected chi connectivity index (χ1v) is 6.94. The molecule has 1 fully saturated rings. The quantitative estimate of drug-likeness (QED) is 0.645. The van der Waals surface area contributed by atoms with Crippen molar-refractivity contribution in [3.63, 3.8) is 0 Å². The summed E-state index contributed by atoms with van der Waals surface area (Å²) in [6.07, 6.45) is 2.30. The van der Waals surface area contributed by atoms with Crippen molar-refractivity contribution in [3.05, 3.63) is 34.1 Å². The Balaban J connectivity index is 2.20. The van der Waals surface area contributed by atoms with Gasteiger partial charge in [0.05, 0.1) is 22.1 Å². The topological polar surface area (TPSA) is 84.3 Å². The highest BCUT2D eigenvalue weighted by Gasteiger charge is 2.40. The Morgan fingerprint density at radius 1 is 1.52 bits per heavy atom. The maximum Gasteiger partial charge on any atom is 0.274 e. The minimum atomic E-state index is -0.742. The van der Waals surface area contributed by atoms with Crippen LogP contribution in [-0.4, -0.2) is 23.9 Å². The van der Waals surface area contributed by atoms with Crippen molar-refractivity contribution in [2.24, 2.45) is 5.41 Å². The lowest BCUT2D eigenvalue weighted by atomic mass is 9.81. The number of hydrogen-bond acceptors (Lipinski definition) is 4. The number of halogens is 1. The number of benzene rings is 1. The van der Waals surface area contributed by atoms with Gasteiger partial charge < -0.3 is 10.6 Å². The average molecular weight is 295 g/mol. The van der Waals surface area contributed by atoms with Gasteiger partial charge in [-0.1, -0.05) is 13.3 Å². The van der Waals surface area contributed by atoms with E-state index in [2.05, 4.69) is 10.6 Å².